The van der Waals surface area contributed by atoms with Crippen LogP contribution in [0.3, 0.4) is 0 Å². The molecule has 0 saturated carbocycles. The zero-order valence-electron chi connectivity index (χ0n) is 11.8. The number of hydrogen-bond acceptors (Lipinski definition) is 4. The first-order chi connectivity index (χ1) is 9.74. The highest BCUT2D eigenvalue weighted by Crippen LogP contribution is 2.34. The number of nitriles is 1. The van der Waals surface area contributed by atoms with Gasteiger partial charge in [0.25, 0.3) is 0 Å². The van der Waals surface area contributed by atoms with Crippen LogP contribution in [0.4, 0.5) is 0 Å². The van der Waals surface area contributed by atoms with Gasteiger partial charge in [0.1, 0.15) is 6.04 Å². The number of piperidine rings is 1. The quantitative estimate of drug-likeness (QED) is 0.829. The summed E-state index contributed by atoms with van der Waals surface area (Å²) < 4.78 is 11.5. The second-order valence-corrected chi connectivity index (χ2v) is 5.53. The number of aryl methyl sites for hydroxylation is 1. The van der Waals surface area contributed by atoms with E-state index in [0.29, 0.717) is 13.2 Å². The van der Waals surface area contributed by atoms with Crippen molar-refractivity contribution in [2.24, 2.45) is 0 Å². The molecule has 106 valence electrons. The molecule has 0 N–H and O–H groups in total. The molecule has 0 aromatic heterocycles. The minimum atomic E-state index is -0.373. The van der Waals surface area contributed by atoms with E-state index in [9.17, 15) is 5.26 Å². The number of likely N-dealkylation sites (tertiary alicyclic amines) is 1. The molecule has 1 spiro atoms. The van der Waals surface area contributed by atoms with E-state index in [-0.39, 0.29) is 11.8 Å². The molecule has 4 nitrogen and oxygen atoms in total. The lowest BCUT2D eigenvalue weighted by Gasteiger charge is -2.39. The van der Waals surface area contributed by atoms with Gasteiger partial charge in [-0.05, 0) is 18.1 Å². The maximum absolute atomic E-state index is 9.56. The molecule has 0 amide bonds. The first-order valence-electron chi connectivity index (χ1n) is 7.21. The largest absolute Gasteiger partial charge is 0.347 e. The normalized spacial score (nSPS) is 23.6. The highest BCUT2D eigenvalue weighted by molar-refractivity contribution is 5.32. The Hall–Kier alpha value is -1.41. The van der Waals surface area contributed by atoms with Crippen molar-refractivity contribution in [3.05, 3.63) is 35.4 Å². The molecule has 2 saturated heterocycles. The smallest absolute Gasteiger partial charge is 0.170 e. The molecule has 0 aliphatic carbocycles. The van der Waals surface area contributed by atoms with Crippen molar-refractivity contribution >= 4 is 0 Å². The van der Waals surface area contributed by atoms with Gasteiger partial charge in [0.2, 0.25) is 0 Å². The van der Waals surface area contributed by atoms with E-state index < -0.39 is 0 Å². The molecule has 1 atom stereocenters. The van der Waals surface area contributed by atoms with Crippen LogP contribution in [0.2, 0.25) is 0 Å². The van der Waals surface area contributed by atoms with Crippen LogP contribution in [-0.2, 0) is 9.47 Å². The molecule has 2 heterocycles. The Morgan fingerprint density at radius 3 is 2.45 bits per heavy atom. The van der Waals surface area contributed by atoms with Gasteiger partial charge in [-0.2, -0.15) is 5.26 Å². The lowest BCUT2D eigenvalue weighted by molar-refractivity contribution is -0.186. The average molecular weight is 272 g/mol. The Balaban J connectivity index is 1.73. The molecule has 0 bridgehead atoms. The van der Waals surface area contributed by atoms with Crippen LogP contribution < -0.4 is 0 Å². The van der Waals surface area contributed by atoms with Gasteiger partial charge in [0, 0.05) is 25.9 Å². The van der Waals surface area contributed by atoms with Crippen LogP contribution in [0.5, 0.6) is 0 Å². The maximum Gasteiger partial charge on any atom is 0.170 e. The molecule has 1 aromatic carbocycles. The summed E-state index contributed by atoms with van der Waals surface area (Å²) in [5, 5.41) is 9.56. The second-order valence-electron chi connectivity index (χ2n) is 5.53. The van der Waals surface area contributed by atoms with Crippen LogP contribution >= 0.6 is 0 Å². The van der Waals surface area contributed by atoms with E-state index in [1.54, 1.807) is 0 Å². The van der Waals surface area contributed by atoms with Crippen molar-refractivity contribution in [2.75, 3.05) is 26.3 Å². The highest BCUT2D eigenvalue weighted by atomic mass is 16.7. The van der Waals surface area contributed by atoms with Crippen LogP contribution in [0.1, 0.15) is 30.0 Å². The second kappa shape index (κ2) is 5.53. The number of nitrogens with zero attached hydrogens (tertiary/aromatic N) is 2. The fraction of sp³-hybridized carbons (Fsp3) is 0.562. The molecule has 0 radical (unpaired) electrons. The lowest BCUT2D eigenvalue weighted by Crippen LogP contribution is -2.46. The maximum atomic E-state index is 9.56. The summed E-state index contributed by atoms with van der Waals surface area (Å²) in [6.45, 7) is 5.13. The molecule has 1 aromatic rings. The van der Waals surface area contributed by atoms with Crippen LogP contribution in [0.25, 0.3) is 0 Å². The number of benzene rings is 1. The highest BCUT2D eigenvalue weighted by Gasteiger charge is 2.41. The Labute approximate surface area is 119 Å². The van der Waals surface area contributed by atoms with Crippen LogP contribution in [-0.4, -0.2) is 37.0 Å². The Kier molecular flexibility index (Phi) is 3.75. The summed E-state index contributed by atoms with van der Waals surface area (Å²) in [7, 11) is 0. The minimum Gasteiger partial charge on any atom is -0.347 e. The first-order valence-corrected chi connectivity index (χ1v) is 7.21. The Bertz CT molecular complexity index is 507. The van der Waals surface area contributed by atoms with Crippen molar-refractivity contribution < 1.29 is 9.47 Å². The van der Waals surface area contributed by atoms with Crippen molar-refractivity contribution in [3.8, 4) is 6.07 Å². The number of hydrogen-bond donors (Lipinski definition) is 0. The topological polar surface area (TPSA) is 45.5 Å². The van der Waals surface area contributed by atoms with Gasteiger partial charge in [0.05, 0.1) is 19.3 Å². The fourth-order valence-electron chi connectivity index (χ4n) is 3.15. The molecule has 20 heavy (non-hydrogen) atoms. The summed E-state index contributed by atoms with van der Waals surface area (Å²) in [5.41, 5.74) is 2.28. The summed E-state index contributed by atoms with van der Waals surface area (Å²) in [6.07, 6.45) is 1.69. The first kappa shape index (κ1) is 13.6. The molecule has 2 fully saturated rings. The van der Waals surface area contributed by atoms with E-state index in [4.69, 9.17) is 9.47 Å². The van der Waals surface area contributed by atoms with Crippen LogP contribution in [0.15, 0.2) is 24.3 Å². The monoisotopic (exact) mass is 272 g/mol. The lowest BCUT2D eigenvalue weighted by atomic mass is 9.96. The van der Waals surface area contributed by atoms with Gasteiger partial charge in [-0.3, -0.25) is 4.90 Å². The third-order valence-electron chi connectivity index (χ3n) is 4.34. The summed E-state index contributed by atoms with van der Waals surface area (Å²) in [5.74, 6) is -0.373. The molecular formula is C16H20N2O2. The van der Waals surface area contributed by atoms with E-state index in [2.05, 4.69) is 30.0 Å². The molecule has 1 unspecified atom stereocenters. The molecule has 2 aliphatic rings. The Morgan fingerprint density at radius 1 is 1.20 bits per heavy atom. The average Bonchev–Trinajstić information content (AvgIpc) is 2.92. The molecular weight excluding hydrogens is 252 g/mol. The van der Waals surface area contributed by atoms with Gasteiger partial charge in [-0.25, -0.2) is 0 Å². The van der Waals surface area contributed by atoms with Crippen LogP contribution in [0, 0.1) is 18.3 Å². The predicted octanol–water partition coefficient (Wildman–Crippen LogP) is 2.40. The van der Waals surface area contributed by atoms with E-state index >= 15 is 0 Å². The zero-order chi connectivity index (χ0) is 14.0. The van der Waals surface area contributed by atoms with Crippen molar-refractivity contribution in [1.82, 2.24) is 4.90 Å². The van der Waals surface area contributed by atoms with Gasteiger partial charge in [-0.1, -0.05) is 24.3 Å². The van der Waals surface area contributed by atoms with Crippen molar-refractivity contribution in [2.45, 2.75) is 31.6 Å². The summed E-state index contributed by atoms with van der Waals surface area (Å²) >= 11 is 0. The van der Waals surface area contributed by atoms with Gasteiger partial charge >= 0.3 is 0 Å². The Morgan fingerprint density at radius 2 is 1.85 bits per heavy atom. The van der Waals surface area contributed by atoms with Gasteiger partial charge < -0.3 is 9.47 Å². The third-order valence-corrected chi connectivity index (χ3v) is 4.34. The van der Waals surface area contributed by atoms with E-state index in [1.807, 2.05) is 12.1 Å². The van der Waals surface area contributed by atoms with Crippen molar-refractivity contribution in [1.29, 1.82) is 5.26 Å². The summed E-state index contributed by atoms with van der Waals surface area (Å²) in [4.78, 5) is 2.23. The van der Waals surface area contributed by atoms with Gasteiger partial charge in [0.15, 0.2) is 5.79 Å². The molecule has 4 heteroatoms. The van der Waals surface area contributed by atoms with Gasteiger partial charge in [-0.15, -0.1) is 0 Å². The molecule has 2 aliphatic heterocycles. The number of ether oxygens (including phenoxy) is 2. The van der Waals surface area contributed by atoms with Crippen molar-refractivity contribution in [3.63, 3.8) is 0 Å². The zero-order valence-corrected chi connectivity index (χ0v) is 11.8. The predicted molar refractivity (Wildman–Crippen MR) is 75.0 cm³/mol. The SMILES string of the molecule is Cc1ccccc1C(C#N)N1CCC2(CC1)OCCO2. The minimum absolute atomic E-state index is 0.171. The standard InChI is InChI=1S/C16H20N2O2/c1-13-4-2-3-5-14(13)15(12-17)18-8-6-16(7-9-18)19-10-11-20-16/h2-5,15H,6-11H2,1H3. The third kappa shape index (κ3) is 2.45. The molecule has 3 rings (SSSR count). The van der Waals surface area contributed by atoms with E-state index in [1.165, 1.54) is 5.56 Å². The fourth-order valence-corrected chi connectivity index (χ4v) is 3.15. The summed E-state index contributed by atoms with van der Waals surface area (Å²) in [6, 6.07) is 10.4. The number of rotatable bonds is 2. The van der Waals surface area contributed by atoms with E-state index in [0.717, 1.165) is 31.5 Å².